The Bertz CT molecular complexity index is 1190. The van der Waals surface area contributed by atoms with Crippen molar-refractivity contribution in [1.29, 1.82) is 0 Å². The fraction of sp³-hybridized carbons (Fsp3) is 0.391. The van der Waals surface area contributed by atoms with Gasteiger partial charge in [0.1, 0.15) is 17.9 Å². The van der Waals surface area contributed by atoms with Gasteiger partial charge in [0.25, 0.3) is 0 Å². The van der Waals surface area contributed by atoms with Crippen molar-refractivity contribution in [3.63, 3.8) is 0 Å². The standard InChI is InChI=1S/C23H19NO6/c1-10-6-11(7-17-12(10)4-5-18(25)30-17)29-19(26)9-24-22(27)20-13-2-3-14(16-8-15(13)16)21(20)23(24)28/h2-7,13-16,20-21H,8-9H2,1H3/t13-,14-,15-,16-,20+,21+/m0/s1. The van der Waals surface area contributed by atoms with Crippen LogP contribution in [0.2, 0.25) is 0 Å². The number of amides is 2. The average molecular weight is 405 g/mol. The Labute approximate surface area is 171 Å². The van der Waals surface area contributed by atoms with E-state index in [-0.39, 0.29) is 41.2 Å². The number of hydrogen-bond acceptors (Lipinski definition) is 6. The quantitative estimate of drug-likeness (QED) is 0.255. The first-order chi connectivity index (χ1) is 14.4. The molecule has 0 unspecified atom stereocenters. The van der Waals surface area contributed by atoms with E-state index in [9.17, 15) is 19.2 Å². The van der Waals surface area contributed by atoms with Crippen LogP contribution < -0.4 is 10.4 Å². The molecule has 2 bridgehead atoms. The molecule has 2 aromatic rings. The molecule has 0 N–H and O–H groups in total. The number of rotatable bonds is 3. The maximum Gasteiger partial charge on any atom is 0.336 e. The van der Waals surface area contributed by atoms with Gasteiger partial charge >= 0.3 is 11.6 Å². The normalized spacial score (nSPS) is 33.0. The topological polar surface area (TPSA) is 93.9 Å². The zero-order valence-corrected chi connectivity index (χ0v) is 16.2. The Morgan fingerprint density at radius 2 is 1.73 bits per heavy atom. The minimum Gasteiger partial charge on any atom is -0.425 e. The van der Waals surface area contributed by atoms with Crippen molar-refractivity contribution in [3.05, 3.63) is 52.4 Å². The van der Waals surface area contributed by atoms with E-state index in [2.05, 4.69) is 12.2 Å². The predicted octanol–water partition coefficient (Wildman–Crippen LogP) is 2.06. The molecule has 0 spiro atoms. The van der Waals surface area contributed by atoms with Gasteiger partial charge in [-0.25, -0.2) is 9.59 Å². The van der Waals surface area contributed by atoms with E-state index in [1.54, 1.807) is 12.1 Å². The Kier molecular flexibility index (Phi) is 3.47. The van der Waals surface area contributed by atoms with Crippen LogP contribution in [-0.4, -0.2) is 29.2 Å². The summed E-state index contributed by atoms with van der Waals surface area (Å²) in [6.07, 6.45) is 5.28. The minimum atomic E-state index is -0.696. The van der Waals surface area contributed by atoms with Crippen LogP contribution in [0.15, 0.2) is 45.6 Å². The van der Waals surface area contributed by atoms with Crippen LogP contribution in [0, 0.1) is 42.4 Å². The molecular formula is C23H19NO6. The number of nitrogens with zero attached hydrogens (tertiary/aromatic N) is 1. The summed E-state index contributed by atoms with van der Waals surface area (Å²) in [5, 5.41) is 0.741. The van der Waals surface area contributed by atoms with Gasteiger partial charge in [0, 0.05) is 17.5 Å². The largest absolute Gasteiger partial charge is 0.425 e. The van der Waals surface area contributed by atoms with Crippen molar-refractivity contribution in [3.8, 4) is 5.75 Å². The molecule has 7 rings (SSSR count). The molecule has 7 nitrogen and oxygen atoms in total. The number of benzene rings is 1. The van der Waals surface area contributed by atoms with Gasteiger partial charge < -0.3 is 9.15 Å². The lowest BCUT2D eigenvalue weighted by atomic mass is 9.63. The lowest BCUT2D eigenvalue weighted by Crippen LogP contribution is -2.40. The van der Waals surface area contributed by atoms with Crippen molar-refractivity contribution in [2.75, 3.05) is 6.54 Å². The maximum atomic E-state index is 13.0. The van der Waals surface area contributed by atoms with E-state index in [0.29, 0.717) is 17.4 Å². The Balaban J connectivity index is 1.22. The van der Waals surface area contributed by atoms with E-state index >= 15 is 0 Å². The molecule has 1 saturated heterocycles. The number of ether oxygens (including phenoxy) is 1. The van der Waals surface area contributed by atoms with Gasteiger partial charge in [-0.05, 0) is 54.7 Å². The molecule has 3 fully saturated rings. The van der Waals surface area contributed by atoms with Gasteiger partial charge in [-0.15, -0.1) is 0 Å². The number of aryl methyl sites for hydroxylation is 1. The minimum absolute atomic E-state index is 0.119. The third kappa shape index (κ3) is 2.38. The zero-order chi connectivity index (χ0) is 20.7. The number of fused-ring (bicyclic) bond motifs is 1. The van der Waals surface area contributed by atoms with E-state index in [1.165, 1.54) is 12.1 Å². The van der Waals surface area contributed by atoms with Crippen LogP contribution in [0.5, 0.6) is 5.75 Å². The van der Waals surface area contributed by atoms with Gasteiger partial charge in [0.2, 0.25) is 11.8 Å². The number of carbonyl (C=O) groups is 3. The highest BCUT2D eigenvalue weighted by Gasteiger charge is 2.67. The molecule has 30 heavy (non-hydrogen) atoms. The summed E-state index contributed by atoms with van der Waals surface area (Å²) in [7, 11) is 0. The number of hydrogen-bond donors (Lipinski definition) is 0. The predicted molar refractivity (Wildman–Crippen MR) is 104 cm³/mol. The second-order valence-electron chi connectivity index (χ2n) is 8.80. The SMILES string of the molecule is Cc1cc(OC(=O)CN2C(=O)[C@@H]3[C@H]4C=C[C@@H]([C@@H]5C[C@@H]45)[C@H]3C2=O)cc2oc(=O)ccc12. The van der Waals surface area contributed by atoms with E-state index in [0.717, 1.165) is 22.3 Å². The molecule has 6 atom stereocenters. The van der Waals surface area contributed by atoms with Crippen molar-refractivity contribution >= 4 is 28.8 Å². The maximum absolute atomic E-state index is 13.0. The first kappa shape index (κ1) is 17.6. The zero-order valence-electron chi connectivity index (χ0n) is 16.2. The first-order valence-corrected chi connectivity index (χ1v) is 10.2. The van der Waals surface area contributed by atoms with E-state index < -0.39 is 18.1 Å². The molecule has 2 saturated carbocycles. The molecule has 1 aliphatic heterocycles. The third-order valence-corrected chi connectivity index (χ3v) is 7.19. The molecular weight excluding hydrogens is 386 g/mol. The van der Waals surface area contributed by atoms with Crippen LogP contribution in [0.3, 0.4) is 0 Å². The third-order valence-electron chi connectivity index (χ3n) is 7.19. The Morgan fingerprint density at radius 1 is 1.07 bits per heavy atom. The van der Waals surface area contributed by atoms with Crippen molar-refractivity contribution in [2.24, 2.45) is 35.5 Å². The van der Waals surface area contributed by atoms with Gasteiger partial charge in [-0.1, -0.05) is 12.2 Å². The number of carbonyl (C=O) groups excluding carboxylic acids is 3. The van der Waals surface area contributed by atoms with Crippen LogP contribution in [0.4, 0.5) is 0 Å². The highest BCUT2D eigenvalue weighted by molar-refractivity contribution is 6.08. The van der Waals surface area contributed by atoms with Gasteiger partial charge in [0.05, 0.1) is 11.8 Å². The summed E-state index contributed by atoms with van der Waals surface area (Å²) >= 11 is 0. The summed E-state index contributed by atoms with van der Waals surface area (Å²) in [4.78, 5) is 51.0. The monoisotopic (exact) mass is 405 g/mol. The molecule has 152 valence electrons. The number of allylic oxidation sites excluding steroid dienone is 2. The molecule has 1 aromatic heterocycles. The second-order valence-corrected chi connectivity index (χ2v) is 8.80. The number of imide groups is 1. The molecule has 7 heteroatoms. The van der Waals surface area contributed by atoms with Crippen LogP contribution in [0.1, 0.15) is 12.0 Å². The van der Waals surface area contributed by atoms with Crippen LogP contribution >= 0.6 is 0 Å². The smallest absolute Gasteiger partial charge is 0.336 e. The first-order valence-electron chi connectivity index (χ1n) is 10.2. The summed E-state index contributed by atoms with van der Waals surface area (Å²) in [6, 6.07) is 6.10. The highest BCUT2D eigenvalue weighted by atomic mass is 16.5. The summed E-state index contributed by atoms with van der Waals surface area (Å²) in [6.45, 7) is 1.40. The highest BCUT2D eigenvalue weighted by Crippen LogP contribution is 2.65. The number of likely N-dealkylation sites (tertiary alicyclic amines) is 1. The fourth-order valence-corrected chi connectivity index (χ4v) is 5.85. The van der Waals surface area contributed by atoms with Crippen LogP contribution in [0.25, 0.3) is 11.0 Å². The Morgan fingerprint density at radius 3 is 2.40 bits per heavy atom. The second kappa shape index (κ2) is 5.90. The van der Waals surface area contributed by atoms with Crippen LogP contribution in [-0.2, 0) is 14.4 Å². The molecule has 5 aliphatic rings. The molecule has 2 amide bonds. The lowest BCUT2D eigenvalue weighted by molar-refractivity contribution is -0.148. The molecule has 0 radical (unpaired) electrons. The van der Waals surface area contributed by atoms with Gasteiger partial charge in [0.15, 0.2) is 0 Å². The van der Waals surface area contributed by atoms with E-state index in [4.69, 9.17) is 9.15 Å². The summed E-state index contributed by atoms with van der Waals surface area (Å²) in [5.74, 6) is -0.402. The van der Waals surface area contributed by atoms with Crippen molar-refractivity contribution in [1.82, 2.24) is 4.90 Å². The van der Waals surface area contributed by atoms with Gasteiger partial charge in [-0.2, -0.15) is 0 Å². The summed E-state index contributed by atoms with van der Waals surface area (Å²) < 4.78 is 10.6. The van der Waals surface area contributed by atoms with E-state index in [1.807, 2.05) is 6.92 Å². The number of esters is 1. The summed E-state index contributed by atoms with van der Waals surface area (Å²) in [5.41, 5.74) is 0.592. The Hall–Kier alpha value is -3.22. The van der Waals surface area contributed by atoms with Gasteiger partial charge in [-0.3, -0.25) is 14.5 Å². The average Bonchev–Trinajstić information content (AvgIpc) is 3.49. The molecule has 4 aliphatic carbocycles. The molecule has 1 aromatic carbocycles. The van der Waals surface area contributed by atoms with Crippen molar-refractivity contribution < 1.29 is 23.5 Å². The lowest BCUT2D eigenvalue weighted by Gasteiger charge is -2.37. The van der Waals surface area contributed by atoms with Crippen molar-refractivity contribution in [2.45, 2.75) is 13.3 Å². The molecule has 2 heterocycles. The fourth-order valence-electron chi connectivity index (χ4n) is 5.85.